The first-order valence-electron chi connectivity index (χ1n) is 10.9. The maximum Gasteiger partial charge on any atom is 0.251 e. The van der Waals surface area contributed by atoms with Crippen LogP contribution in [0.5, 0.6) is 0 Å². The number of nitrogens with zero attached hydrogens (tertiary/aromatic N) is 2. The van der Waals surface area contributed by atoms with Gasteiger partial charge in [-0.05, 0) is 62.3 Å². The molecule has 158 valence electrons. The van der Waals surface area contributed by atoms with Gasteiger partial charge in [-0.1, -0.05) is 57.2 Å². The van der Waals surface area contributed by atoms with Gasteiger partial charge in [0, 0.05) is 31.2 Å². The molecule has 1 amide bonds. The van der Waals surface area contributed by atoms with Crippen molar-refractivity contribution in [2.75, 3.05) is 19.6 Å². The van der Waals surface area contributed by atoms with Crippen molar-refractivity contribution in [1.29, 1.82) is 0 Å². The molecule has 0 aliphatic heterocycles. The van der Waals surface area contributed by atoms with Crippen molar-refractivity contribution in [3.8, 4) is 0 Å². The van der Waals surface area contributed by atoms with Gasteiger partial charge in [-0.2, -0.15) is 0 Å². The van der Waals surface area contributed by atoms with Crippen LogP contribution in [0.25, 0.3) is 0 Å². The Kier molecular flexibility index (Phi) is 9.36. The molecule has 1 N–H and O–H groups in total. The van der Waals surface area contributed by atoms with Crippen molar-refractivity contribution >= 4 is 5.91 Å². The monoisotopic (exact) mass is 395 g/mol. The molecule has 0 aromatic heterocycles. The highest BCUT2D eigenvalue weighted by Crippen LogP contribution is 2.11. The third kappa shape index (κ3) is 7.30. The summed E-state index contributed by atoms with van der Waals surface area (Å²) in [5, 5.41) is 3.05. The van der Waals surface area contributed by atoms with E-state index in [-0.39, 0.29) is 5.91 Å². The minimum atomic E-state index is -0.0260. The Morgan fingerprint density at radius 2 is 1.52 bits per heavy atom. The molecule has 4 nitrogen and oxygen atoms in total. The van der Waals surface area contributed by atoms with E-state index >= 15 is 0 Å². The van der Waals surface area contributed by atoms with Gasteiger partial charge in [0.2, 0.25) is 0 Å². The molecule has 0 atom stereocenters. The van der Waals surface area contributed by atoms with Gasteiger partial charge >= 0.3 is 0 Å². The van der Waals surface area contributed by atoms with E-state index in [4.69, 9.17) is 0 Å². The first-order chi connectivity index (χ1) is 14.0. The molecule has 0 unspecified atom stereocenters. The molecule has 2 rings (SSSR count). The first kappa shape index (κ1) is 23.1. The maximum absolute atomic E-state index is 12.5. The van der Waals surface area contributed by atoms with Crippen molar-refractivity contribution in [1.82, 2.24) is 15.1 Å². The lowest BCUT2D eigenvalue weighted by molar-refractivity contribution is 0.0951. The topological polar surface area (TPSA) is 35.6 Å². The summed E-state index contributed by atoms with van der Waals surface area (Å²) in [7, 11) is 0. The fourth-order valence-corrected chi connectivity index (χ4v) is 3.48. The van der Waals surface area contributed by atoms with Crippen LogP contribution in [0, 0.1) is 0 Å². The third-order valence-electron chi connectivity index (χ3n) is 5.48. The Balaban J connectivity index is 1.92. The van der Waals surface area contributed by atoms with Gasteiger partial charge in [-0.25, -0.2) is 0 Å². The quantitative estimate of drug-likeness (QED) is 0.600. The zero-order valence-corrected chi connectivity index (χ0v) is 18.7. The summed E-state index contributed by atoms with van der Waals surface area (Å²) >= 11 is 0. The molecule has 0 aliphatic rings. The Morgan fingerprint density at radius 1 is 0.862 bits per heavy atom. The van der Waals surface area contributed by atoms with Crippen molar-refractivity contribution in [2.45, 2.75) is 60.3 Å². The van der Waals surface area contributed by atoms with Crippen molar-refractivity contribution < 1.29 is 4.79 Å². The molecule has 4 heteroatoms. The fraction of sp³-hybridized carbons (Fsp3) is 0.480. The number of rotatable bonds is 11. The Labute approximate surface area is 176 Å². The molecular formula is C25H37N3O. The van der Waals surface area contributed by atoms with Gasteiger partial charge in [0.05, 0.1) is 0 Å². The van der Waals surface area contributed by atoms with E-state index in [9.17, 15) is 4.79 Å². The third-order valence-corrected chi connectivity index (χ3v) is 5.48. The second-order valence-electron chi connectivity index (χ2n) is 7.82. The number of benzene rings is 2. The van der Waals surface area contributed by atoms with E-state index in [1.54, 1.807) is 0 Å². The summed E-state index contributed by atoms with van der Waals surface area (Å²) in [6.07, 6.45) is 0. The number of amides is 1. The summed E-state index contributed by atoms with van der Waals surface area (Å²) in [6, 6.07) is 17.0. The Bertz CT molecular complexity index is 751. The van der Waals surface area contributed by atoms with Crippen molar-refractivity contribution in [3.05, 3.63) is 70.8 Å². The van der Waals surface area contributed by atoms with Crippen LogP contribution in [-0.2, 0) is 19.6 Å². The maximum atomic E-state index is 12.5. The van der Waals surface area contributed by atoms with Crippen LogP contribution >= 0.6 is 0 Å². The van der Waals surface area contributed by atoms with Gasteiger partial charge in [-0.15, -0.1) is 0 Å². The lowest BCUT2D eigenvalue weighted by Crippen LogP contribution is -2.30. The summed E-state index contributed by atoms with van der Waals surface area (Å²) in [5.41, 5.74) is 4.37. The molecule has 2 aromatic rings. The Morgan fingerprint density at radius 3 is 2.10 bits per heavy atom. The standard InChI is InChI=1S/C25H37N3O/c1-6-27(7-2)18-23-11-9-10-22(16-23)17-26-25(29)24-14-12-21(13-15-24)19-28(8-3)20(4)5/h9-16,20H,6-8,17-19H2,1-5H3,(H,26,29). The average molecular weight is 396 g/mol. The molecule has 0 bridgehead atoms. The van der Waals surface area contributed by atoms with Crippen LogP contribution in [0.1, 0.15) is 61.7 Å². The van der Waals surface area contributed by atoms with E-state index < -0.39 is 0 Å². The van der Waals surface area contributed by atoms with Crippen LogP contribution < -0.4 is 5.32 Å². The fourth-order valence-electron chi connectivity index (χ4n) is 3.48. The first-order valence-corrected chi connectivity index (χ1v) is 10.9. The van der Waals surface area contributed by atoms with Crippen LogP contribution in [0.4, 0.5) is 0 Å². The predicted molar refractivity (Wildman–Crippen MR) is 122 cm³/mol. The van der Waals surface area contributed by atoms with E-state index in [1.165, 1.54) is 11.1 Å². The minimum absolute atomic E-state index is 0.0260. The van der Waals surface area contributed by atoms with Gasteiger partial charge in [0.15, 0.2) is 0 Å². The number of hydrogen-bond donors (Lipinski definition) is 1. The lowest BCUT2D eigenvalue weighted by Gasteiger charge is -2.24. The second kappa shape index (κ2) is 11.7. The molecule has 0 saturated heterocycles. The highest BCUT2D eigenvalue weighted by molar-refractivity contribution is 5.94. The minimum Gasteiger partial charge on any atom is -0.348 e. The molecule has 0 aliphatic carbocycles. The summed E-state index contributed by atoms with van der Waals surface area (Å²) in [5.74, 6) is -0.0260. The van der Waals surface area contributed by atoms with Gasteiger partial charge in [0.25, 0.3) is 5.91 Å². The molecule has 0 spiro atoms. The normalized spacial score (nSPS) is 11.4. The lowest BCUT2D eigenvalue weighted by atomic mass is 10.1. The van der Waals surface area contributed by atoms with E-state index in [1.807, 2.05) is 12.1 Å². The van der Waals surface area contributed by atoms with E-state index in [2.05, 4.69) is 86.1 Å². The second-order valence-corrected chi connectivity index (χ2v) is 7.82. The SMILES string of the molecule is CCN(CC)Cc1cccc(CNC(=O)c2ccc(CN(CC)C(C)C)cc2)c1. The summed E-state index contributed by atoms with van der Waals surface area (Å²) in [6.45, 7) is 16.5. The molecule has 2 aromatic carbocycles. The largest absolute Gasteiger partial charge is 0.348 e. The number of carbonyl (C=O) groups is 1. The van der Waals surface area contributed by atoms with Gasteiger partial charge < -0.3 is 5.32 Å². The van der Waals surface area contributed by atoms with Crippen LogP contribution in [0.15, 0.2) is 48.5 Å². The van der Waals surface area contributed by atoms with Gasteiger partial charge in [-0.3, -0.25) is 14.6 Å². The summed E-state index contributed by atoms with van der Waals surface area (Å²) in [4.78, 5) is 17.3. The van der Waals surface area contributed by atoms with Crippen molar-refractivity contribution in [3.63, 3.8) is 0 Å². The highest BCUT2D eigenvalue weighted by atomic mass is 16.1. The number of hydrogen-bond acceptors (Lipinski definition) is 3. The average Bonchev–Trinajstić information content (AvgIpc) is 2.74. The number of carbonyl (C=O) groups excluding carboxylic acids is 1. The van der Waals surface area contributed by atoms with Crippen molar-refractivity contribution in [2.24, 2.45) is 0 Å². The van der Waals surface area contributed by atoms with Gasteiger partial charge in [0.1, 0.15) is 0 Å². The van der Waals surface area contributed by atoms with Crippen LogP contribution in [0.3, 0.4) is 0 Å². The number of nitrogens with one attached hydrogen (secondary N) is 1. The molecular weight excluding hydrogens is 358 g/mol. The molecule has 0 radical (unpaired) electrons. The summed E-state index contributed by atoms with van der Waals surface area (Å²) < 4.78 is 0. The molecule has 0 fully saturated rings. The zero-order chi connectivity index (χ0) is 21.2. The zero-order valence-electron chi connectivity index (χ0n) is 18.7. The highest BCUT2D eigenvalue weighted by Gasteiger charge is 2.10. The smallest absolute Gasteiger partial charge is 0.251 e. The van der Waals surface area contributed by atoms with Crippen LogP contribution in [-0.4, -0.2) is 41.4 Å². The van der Waals surface area contributed by atoms with Crippen LogP contribution in [0.2, 0.25) is 0 Å². The van der Waals surface area contributed by atoms with E-state index in [0.717, 1.165) is 38.3 Å². The predicted octanol–water partition coefficient (Wildman–Crippen LogP) is 4.69. The Hall–Kier alpha value is -2.17. The molecule has 29 heavy (non-hydrogen) atoms. The molecule has 0 heterocycles. The molecule has 0 saturated carbocycles. The van der Waals surface area contributed by atoms with E-state index in [0.29, 0.717) is 18.2 Å².